The minimum atomic E-state index is -1.14. The van der Waals surface area contributed by atoms with Gasteiger partial charge in [-0.05, 0) is 81.1 Å². The summed E-state index contributed by atoms with van der Waals surface area (Å²) in [7, 11) is 0. The average Bonchev–Trinajstić information content (AvgIpc) is 2.67. The zero-order valence-electron chi connectivity index (χ0n) is 16.5. The largest absolute Gasteiger partial charge is 0.493 e. The molecule has 4 nitrogen and oxygen atoms in total. The zero-order valence-corrected chi connectivity index (χ0v) is 16.5. The van der Waals surface area contributed by atoms with E-state index in [9.17, 15) is 9.18 Å². The van der Waals surface area contributed by atoms with Crippen molar-refractivity contribution in [1.82, 2.24) is 4.90 Å². The Morgan fingerprint density at radius 2 is 1.61 bits per heavy atom. The number of benzene rings is 2. The van der Waals surface area contributed by atoms with Crippen LogP contribution in [-0.4, -0.2) is 47.9 Å². The molecule has 2 aromatic carbocycles. The highest BCUT2D eigenvalue weighted by Crippen LogP contribution is 2.25. The van der Waals surface area contributed by atoms with E-state index in [0.29, 0.717) is 19.1 Å². The van der Waals surface area contributed by atoms with E-state index in [0.717, 1.165) is 42.8 Å². The van der Waals surface area contributed by atoms with Crippen LogP contribution in [-0.2, 0) is 0 Å². The fourth-order valence-electron chi connectivity index (χ4n) is 3.61. The van der Waals surface area contributed by atoms with Crippen LogP contribution < -0.4 is 4.74 Å². The molecule has 0 bridgehead atoms. The van der Waals surface area contributed by atoms with Crippen LogP contribution in [0.3, 0.4) is 0 Å². The lowest BCUT2D eigenvalue weighted by Gasteiger charge is -2.34. The number of likely N-dealkylation sites (tertiary alicyclic amines) is 1. The molecular weight excluding hydrogens is 357 g/mol. The highest BCUT2D eigenvalue weighted by atomic mass is 19.1. The van der Waals surface area contributed by atoms with Crippen LogP contribution >= 0.6 is 0 Å². The normalized spacial score (nSPS) is 16.1. The quantitative estimate of drug-likeness (QED) is 0.737. The van der Waals surface area contributed by atoms with Gasteiger partial charge in [-0.25, -0.2) is 9.18 Å². The third-order valence-corrected chi connectivity index (χ3v) is 5.11. The third-order valence-electron chi connectivity index (χ3n) is 5.11. The first-order valence-corrected chi connectivity index (χ1v) is 9.78. The third kappa shape index (κ3) is 5.80. The van der Waals surface area contributed by atoms with Gasteiger partial charge in [0.2, 0.25) is 0 Å². The molecule has 0 spiro atoms. The Hall–Kier alpha value is -2.40. The van der Waals surface area contributed by atoms with Gasteiger partial charge >= 0.3 is 5.97 Å². The van der Waals surface area contributed by atoms with Crippen molar-refractivity contribution in [3.8, 4) is 16.9 Å². The van der Waals surface area contributed by atoms with E-state index in [1.54, 1.807) is 26.0 Å². The number of carboxylic acid groups (broad SMARTS) is 1. The lowest BCUT2D eigenvalue weighted by molar-refractivity contribution is 0.0696. The van der Waals surface area contributed by atoms with E-state index in [4.69, 9.17) is 9.84 Å². The number of hydrogen-bond acceptors (Lipinski definition) is 3. The van der Waals surface area contributed by atoms with Crippen LogP contribution in [0.15, 0.2) is 48.5 Å². The number of rotatable bonds is 7. The van der Waals surface area contributed by atoms with Crippen LogP contribution in [0.4, 0.5) is 4.39 Å². The molecule has 1 aliphatic heterocycles. The molecule has 0 unspecified atom stereocenters. The van der Waals surface area contributed by atoms with Crippen molar-refractivity contribution in [3.05, 3.63) is 54.1 Å². The molecule has 0 radical (unpaired) electrons. The monoisotopic (exact) mass is 385 g/mol. The van der Waals surface area contributed by atoms with E-state index in [2.05, 4.69) is 4.90 Å². The molecule has 2 aromatic rings. The van der Waals surface area contributed by atoms with Gasteiger partial charge in [0.15, 0.2) is 0 Å². The zero-order chi connectivity index (χ0) is 20.1. The molecule has 150 valence electrons. The smallest absolute Gasteiger partial charge is 0.335 e. The van der Waals surface area contributed by atoms with Gasteiger partial charge in [-0.3, -0.25) is 0 Å². The summed E-state index contributed by atoms with van der Waals surface area (Å²) < 4.78 is 19.7. The van der Waals surface area contributed by atoms with Crippen molar-refractivity contribution >= 4 is 5.97 Å². The first-order chi connectivity index (χ1) is 13.3. The first kappa shape index (κ1) is 20.3. The Morgan fingerprint density at radius 3 is 2.11 bits per heavy atom. The number of hydrogen-bond donors (Lipinski definition) is 1. The number of alkyl halides is 1. The van der Waals surface area contributed by atoms with Gasteiger partial charge in [0.1, 0.15) is 11.4 Å². The predicted octanol–water partition coefficient (Wildman–Crippen LogP) is 4.89. The average molecular weight is 385 g/mol. The second kappa shape index (κ2) is 8.74. The molecule has 28 heavy (non-hydrogen) atoms. The maximum absolute atomic E-state index is 13.8. The van der Waals surface area contributed by atoms with Crippen molar-refractivity contribution < 1.29 is 19.0 Å². The highest BCUT2D eigenvalue weighted by molar-refractivity contribution is 5.88. The summed E-state index contributed by atoms with van der Waals surface area (Å²) in [6, 6.07) is 14.7. The van der Waals surface area contributed by atoms with Gasteiger partial charge in [-0.15, -0.1) is 0 Å². The number of carbonyl (C=O) groups is 1. The maximum Gasteiger partial charge on any atom is 0.335 e. The molecule has 0 saturated carbocycles. The summed E-state index contributed by atoms with van der Waals surface area (Å²) in [5.41, 5.74) is 1.13. The fraction of sp³-hybridized carbons (Fsp3) is 0.435. The molecule has 3 rings (SSSR count). The molecule has 1 fully saturated rings. The maximum atomic E-state index is 13.8. The Morgan fingerprint density at radius 1 is 1.07 bits per heavy atom. The van der Waals surface area contributed by atoms with Crippen LogP contribution in [0.1, 0.15) is 37.0 Å². The Labute approximate surface area is 165 Å². The molecule has 0 atom stereocenters. The summed E-state index contributed by atoms with van der Waals surface area (Å²) in [4.78, 5) is 13.1. The van der Waals surface area contributed by atoms with Gasteiger partial charge in [0.05, 0.1) is 12.2 Å². The van der Waals surface area contributed by atoms with E-state index < -0.39 is 11.6 Å². The second-order valence-electron chi connectivity index (χ2n) is 8.16. The molecule has 0 aliphatic carbocycles. The lowest BCUT2D eigenvalue weighted by atomic mass is 9.97. The number of piperidine rings is 1. The van der Waals surface area contributed by atoms with Crippen molar-refractivity contribution in [3.63, 3.8) is 0 Å². The summed E-state index contributed by atoms with van der Waals surface area (Å²) in [6.45, 7) is 6.28. The first-order valence-electron chi connectivity index (χ1n) is 9.78. The Balaban J connectivity index is 1.48. The molecule has 1 heterocycles. The van der Waals surface area contributed by atoms with Crippen molar-refractivity contribution in [1.29, 1.82) is 0 Å². The molecule has 1 saturated heterocycles. The number of halogens is 1. The number of nitrogens with zero attached hydrogens (tertiary/aromatic N) is 1. The van der Waals surface area contributed by atoms with Crippen LogP contribution in [0.5, 0.6) is 5.75 Å². The summed E-state index contributed by atoms with van der Waals surface area (Å²) >= 11 is 0. The van der Waals surface area contributed by atoms with E-state index in [1.807, 2.05) is 36.4 Å². The van der Waals surface area contributed by atoms with Crippen LogP contribution in [0.25, 0.3) is 11.1 Å². The summed E-state index contributed by atoms with van der Waals surface area (Å²) in [6.07, 6.45) is 2.06. The summed E-state index contributed by atoms with van der Waals surface area (Å²) in [5, 5.41) is 8.98. The number of carboxylic acids is 1. The molecule has 1 aliphatic rings. The fourth-order valence-corrected chi connectivity index (χ4v) is 3.61. The SMILES string of the molecule is CC(C)(F)CN1CCC(COc2ccc(-c3ccc(C(=O)O)cc3)cc2)CC1. The highest BCUT2D eigenvalue weighted by Gasteiger charge is 2.25. The van der Waals surface area contributed by atoms with Gasteiger partial charge in [0.25, 0.3) is 0 Å². The molecular formula is C23H28FNO3. The predicted molar refractivity (Wildman–Crippen MR) is 109 cm³/mol. The van der Waals surface area contributed by atoms with Crippen LogP contribution in [0, 0.1) is 5.92 Å². The number of ether oxygens (including phenoxy) is 1. The van der Waals surface area contributed by atoms with E-state index >= 15 is 0 Å². The molecule has 0 aromatic heterocycles. The van der Waals surface area contributed by atoms with Gasteiger partial charge in [-0.2, -0.15) is 0 Å². The minimum absolute atomic E-state index is 0.282. The van der Waals surface area contributed by atoms with Crippen LogP contribution in [0.2, 0.25) is 0 Å². The van der Waals surface area contributed by atoms with Gasteiger partial charge < -0.3 is 14.7 Å². The Bertz CT molecular complexity index is 773. The Kier molecular flexibility index (Phi) is 6.35. The molecule has 1 N–H and O–H groups in total. The standard InChI is InChI=1S/C23H28FNO3/c1-23(2,24)16-25-13-11-17(12-14-25)15-28-21-9-7-19(8-10-21)18-3-5-20(6-4-18)22(26)27/h3-10,17H,11-16H2,1-2H3,(H,26,27). The van der Waals surface area contributed by atoms with E-state index in [-0.39, 0.29) is 5.56 Å². The summed E-state index contributed by atoms with van der Waals surface area (Å²) in [5.74, 6) is 0.412. The lowest BCUT2D eigenvalue weighted by Crippen LogP contribution is -2.41. The van der Waals surface area contributed by atoms with Crippen molar-refractivity contribution in [2.75, 3.05) is 26.2 Å². The van der Waals surface area contributed by atoms with E-state index in [1.165, 1.54) is 0 Å². The molecule has 0 amide bonds. The van der Waals surface area contributed by atoms with Crippen molar-refractivity contribution in [2.45, 2.75) is 32.4 Å². The van der Waals surface area contributed by atoms with Crippen molar-refractivity contribution in [2.24, 2.45) is 5.92 Å². The molecule has 5 heteroatoms. The topological polar surface area (TPSA) is 49.8 Å². The second-order valence-corrected chi connectivity index (χ2v) is 8.16. The minimum Gasteiger partial charge on any atom is -0.493 e. The van der Waals surface area contributed by atoms with Gasteiger partial charge in [0, 0.05) is 6.54 Å². The number of aromatic carboxylic acids is 1. The van der Waals surface area contributed by atoms with Gasteiger partial charge in [-0.1, -0.05) is 24.3 Å².